The van der Waals surface area contributed by atoms with Gasteiger partial charge in [-0.2, -0.15) is 0 Å². The molecule has 1 N–H and O–H groups in total. The Morgan fingerprint density at radius 3 is 2.58 bits per heavy atom. The minimum atomic E-state index is -0.184. The fourth-order valence-electron chi connectivity index (χ4n) is 2.59. The summed E-state index contributed by atoms with van der Waals surface area (Å²) in [7, 11) is 0. The molecule has 1 aliphatic carbocycles. The van der Waals surface area contributed by atoms with E-state index >= 15 is 0 Å². The molecule has 1 aliphatic heterocycles. The first-order valence-electron chi connectivity index (χ1n) is 6.92. The summed E-state index contributed by atoms with van der Waals surface area (Å²) in [4.78, 5) is 23.1. The topological polar surface area (TPSA) is 46.2 Å². The quantitative estimate of drug-likeness (QED) is 0.775. The van der Waals surface area contributed by atoms with Gasteiger partial charge in [-0.1, -0.05) is 45.1 Å². The van der Waals surface area contributed by atoms with E-state index in [1.165, 1.54) is 5.57 Å². The first-order valence-corrected chi connectivity index (χ1v) is 6.92. The van der Waals surface area contributed by atoms with Gasteiger partial charge in [0.1, 0.15) is 0 Å². The SMILES string of the molecule is CC1C=C(C(C)C)C=CC(C2CCC(=O)NC2=O)=C1. The van der Waals surface area contributed by atoms with Crippen LogP contribution in [-0.2, 0) is 9.59 Å². The molecule has 0 aromatic heterocycles. The Hall–Kier alpha value is -1.64. The molecule has 19 heavy (non-hydrogen) atoms. The van der Waals surface area contributed by atoms with E-state index in [-0.39, 0.29) is 17.7 Å². The fraction of sp³-hybridized carbons (Fsp3) is 0.500. The van der Waals surface area contributed by atoms with Gasteiger partial charge in [0.15, 0.2) is 0 Å². The highest BCUT2D eigenvalue weighted by atomic mass is 16.2. The summed E-state index contributed by atoms with van der Waals surface area (Å²) in [5.41, 5.74) is 2.33. The van der Waals surface area contributed by atoms with Gasteiger partial charge in [0.25, 0.3) is 0 Å². The monoisotopic (exact) mass is 259 g/mol. The molecule has 0 spiro atoms. The first kappa shape index (κ1) is 13.8. The lowest BCUT2D eigenvalue weighted by molar-refractivity contribution is -0.135. The van der Waals surface area contributed by atoms with Crippen LogP contribution in [-0.4, -0.2) is 11.8 Å². The zero-order valence-corrected chi connectivity index (χ0v) is 11.8. The van der Waals surface area contributed by atoms with E-state index in [9.17, 15) is 9.59 Å². The van der Waals surface area contributed by atoms with E-state index in [1.807, 2.05) is 6.08 Å². The summed E-state index contributed by atoms with van der Waals surface area (Å²) in [6, 6.07) is 0. The summed E-state index contributed by atoms with van der Waals surface area (Å²) in [6.07, 6.45) is 9.55. The third-order valence-electron chi connectivity index (χ3n) is 3.69. The van der Waals surface area contributed by atoms with Crippen molar-refractivity contribution in [1.29, 1.82) is 0 Å². The van der Waals surface area contributed by atoms with E-state index in [2.05, 4.69) is 44.3 Å². The zero-order valence-electron chi connectivity index (χ0n) is 11.8. The number of hydrogen-bond acceptors (Lipinski definition) is 2. The summed E-state index contributed by atoms with van der Waals surface area (Å²) >= 11 is 0. The number of carbonyl (C=O) groups is 2. The highest BCUT2D eigenvalue weighted by Gasteiger charge is 2.29. The Morgan fingerprint density at radius 1 is 1.21 bits per heavy atom. The number of allylic oxidation sites excluding steroid dienone is 5. The number of imide groups is 1. The number of carbonyl (C=O) groups excluding carboxylic acids is 2. The maximum atomic E-state index is 11.9. The molecule has 1 saturated heterocycles. The second-order valence-electron chi connectivity index (χ2n) is 5.68. The standard InChI is InChI=1S/C16H21NO2/c1-10(2)12-4-5-13(9-11(3)8-12)14-6-7-15(18)17-16(14)19/h4-5,8-11,14H,6-7H2,1-3H3,(H,17,18,19). The van der Waals surface area contributed by atoms with Crippen LogP contribution in [0.2, 0.25) is 0 Å². The van der Waals surface area contributed by atoms with Crippen molar-refractivity contribution < 1.29 is 9.59 Å². The van der Waals surface area contributed by atoms with Crippen molar-refractivity contribution in [2.45, 2.75) is 33.6 Å². The van der Waals surface area contributed by atoms with Crippen LogP contribution >= 0.6 is 0 Å². The van der Waals surface area contributed by atoms with Crippen LogP contribution in [0.5, 0.6) is 0 Å². The van der Waals surface area contributed by atoms with E-state index in [4.69, 9.17) is 0 Å². The number of rotatable bonds is 2. The molecule has 2 amide bonds. The Bertz CT molecular complexity index is 483. The molecule has 0 bridgehead atoms. The van der Waals surface area contributed by atoms with Gasteiger partial charge in [-0.05, 0) is 29.4 Å². The third kappa shape index (κ3) is 3.22. The zero-order chi connectivity index (χ0) is 14.0. The lowest BCUT2D eigenvalue weighted by Crippen LogP contribution is -2.41. The second kappa shape index (κ2) is 5.55. The van der Waals surface area contributed by atoms with E-state index < -0.39 is 0 Å². The van der Waals surface area contributed by atoms with E-state index in [0.29, 0.717) is 24.7 Å². The smallest absolute Gasteiger partial charge is 0.234 e. The molecule has 2 atom stereocenters. The molecule has 3 nitrogen and oxygen atoms in total. The second-order valence-corrected chi connectivity index (χ2v) is 5.68. The average molecular weight is 259 g/mol. The number of nitrogens with one attached hydrogen (secondary N) is 1. The van der Waals surface area contributed by atoms with Crippen molar-refractivity contribution in [2.75, 3.05) is 0 Å². The van der Waals surface area contributed by atoms with Gasteiger partial charge in [-0.3, -0.25) is 14.9 Å². The molecule has 0 radical (unpaired) electrons. The molecule has 3 heteroatoms. The average Bonchev–Trinajstić information content (AvgIpc) is 2.51. The molecule has 102 valence electrons. The maximum absolute atomic E-state index is 11.9. The van der Waals surface area contributed by atoms with Crippen LogP contribution in [0.15, 0.2) is 35.5 Å². The summed E-state index contributed by atoms with van der Waals surface area (Å²) in [6.45, 7) is 6.46. The van der Waals surface area contributed by atoms with Crippen LogP contribution < -0.4 is 5.32 Å². The number of hydrogen-bond donors (Lipinski definition) is 1. The number of piperidine rings is 1. The molecule has 0 aromatic carbocycles. The molecule has 0 aromatic rings. The molecular formula is C16H21NO2. The molecule has 2 unspecified atom stereocenters. The summed E-state index contributed by atoms with van der Waals surface area (Å²) in [5.74, 6) is 0.290. The molecule has 1 heterocycles. The van der Waals surface area contributed by atoms with Crippen molar-refractivity contribution in [1.82, 2.24) is 5.32 Å². The van der Waals surface area contributed by atoms with Gasteiger partial charge in [-0.25, -0.2) is 0 Å². The fourth-order valence-corrected chi connectivity index (χ4v) is 2.59. The minimum absolute atomic E-state index is 0.159. The van der Waals surface area contributed by atoms with Crippen molar-refractivity contribution in [3.05, 3.63) is 35.5 Å². The van der Waals surface area contributed by atoms with Gasteiger partial charge < -0.3 is 0 Å². The van der Waals surface area contributed by atoms with Crippen LogP contribution in [0.1, 0.15) is 33.6 Å². The van der Waals surface area contributed by atoms with E-state index in [1.54, 1.807) is 0 Å². The van der Waals surface area contributed by atoms with Crippen LogP contribution in [0.3, 0.4) is 0 Å². The van der Waals surface area contributed by atoms with Crippen molar-refractivity contribution >= 4 is 11.8 Å². The lowest BCUT2D eigenvalue weighted by atomic mass is 9.88. The Labute approximate surface area is 114 Å². The normalized spacial score (nSPS) is 27.8. The highest BCUT2D eigenvalue weighted by Crippen LogP contribution is 2.28. The van der Waals surface area contributed by atoms with Crippen LogP contribution in [0, 0.1) is 17.8 Å². The third-order valence-corrected chi connectivity index (χ3v) is 3.69. The molecular weight excluding hydrogens is 238 g/mol. The largest absolute Gasteiger partial charge is 0.296 e. The Morgan fingerprint density at radius 2 is 1.95 bits per heavy atom. The van der Waals surface area contributed by atoms with Gasteiger partial charge in [0, 0.05) is 6.42 Å². The van der Waals surface area contributed by atoms with E-state index in [0.717, 1.165) is 5.57 Å². The summed E-state index contributed by atoms with van der Waals surface area (Å²) in [5, 5.41) is 2.43. The predicted octanol–water partition coefficient (Wildman–Crippen LogP) is 2.75. The van der Waals surface area contributed by atoms with Crippen LogP contribution in [0.4, 0.5) is 0 Å². The number of amides is 2. The highest BCUT2D eigenvalue weighted by molar-refractivity contribution is 6.00. The predicted molar refractivity (Wildman–Crippen MR) is 75.2 cm³/mol. The van der Waals surface area contributed by atoms with Crippen LogP contribution in [0.25, 0.3) is 0 Å². The maximum Gasteiger partial charge on any atom is 0.234 e. The Balaban J connectivity index is 2.20. The van der Waals surface area contributed by atoms with Gasteiger partial charge in [0.05, 0.1) is 5.92 Å². The van der Waals surface area contributed by atoms with Crippen molar-refractivity contribution in [3.63, 3.8) is 0 Å². The first-order chi connectivity index (χ1) is 8.97. The minimum Gasteiger partial charge on any atom is -0.296 e. The Kier molecular flexibility index (Phi) is 4.03. The molecule has 0 saturated carbocycles. The molecule has 1 fully saturated rings. The molecule has 2 aliphatic rings. The lowest BCUT2D eigenvalue weighted by Gasteiger charge is -2.22. The summed E-state index contributed by atoms with van der Waals surface area (Å²) < 4.78 is 0. The van der Waals surface area contributed by atoms with Gasteiger partial charge in [-0.15, -0.1) is 0 Å². The molecule has 2 rings (SSSR count). The van der Waals surface area contributed by atoms with Gasteiger partial charge in [0.2, 0.25) is 11.8 Å². The van der Waals surface area contributed by atoms with Gasteiger partial charge >= 0.3 is 0 Å². The van der Waals surface area contributed by atoms with Crippen molar-refractivity contribution in [2.24, 2.45) is 17.8 Å². The van der Waals surface area contributed by atoms with Crippen molar-refractivity contribution in [3.8, 4) is 0 Å².